The number of imide groups is 1. The van der Waals surface area contributed by atoms with E-state index in [0.717, 1.165) is 12.0 Å². The van der Waals surface area contributed by atoms with Crippen LogP contribution >= 0.6 is 0 Å². The van der Waals surface area contributed by atoms with Crippen LogP contribution in [0.3, 0.4) is 0 Å². The second-order valence-corrected chi connectivity index (χ2v) is 6.19. The number of rotatable bonds is 8. The van der Waals surface area contributed by atoms with Gasteiger partial charge in [0.05, 0.1) is 18.7 Å². The van der Waals surface area contributed by atoms with E-state index in [0.29, 0.717) is 5.76 Å². The van der Waals surface area contributed by atoms with Crippen LogP contribution in [-0.4, -0.2) is 24.5 Å². The number of furan rings is 1. The molecular formula is C20H24N2O5. The van der Waals surface area contributed by atoms with Gasteiger partial charge in [0.2, 0.25) is 0 Å². The predicted octanol–water partition coefficient (Wildman–Crippen LogP) is 2.98. The van der Waals surface area contributed by atoms with E-state index in [2.05, 4.69) is 10.6 Å². The summed E-state index contributed by atoms with van der Waals surface area (Å²) in [5, 5.41) is 4.59. The van der Waals surface area contributed by atoms with E-state index in [9.17, 15) is 14.4 Å². The van der Waals surface area contributed by atoms with Crippen molar-refractivity contribution in [2.24, 2.45) is 5.92 Å². The highest BCUT2D eigenvalue weighted by Crippen LogP contribution is 2.28. The highest BCUT2D eigenvalue weighted by atomic mass is 16.5. The summed E-state index contributed by atoms with van der Waals surface area (Å²) in [7, 11) is 0. The summed E-state index contributed by atoms with van der Waals surface area (Å²) in [6, 6.07) is 12.0. The Hall–Kier alpha value is -3.09. The molecule has 2 aromatic rings. The summed E-state index contributed by atoms with van der Waals surface area (Å²) >= 11 is 0. The van der Waals surface area contributed by atoms with Gasteiger partial charge in [0.25, 0.3) is 5.91 Å². The lowest BCUT2D eigenvalue weighted by atomic mass is 9.86. The third kappa shape index (κ3) is 6.29. The highest BCUT2D eigenvalue weighted by Gasteiger charge is 2.27. The monoisotopic (exact) mass is 372 g/mol. The molecule has 27 heavy (non-hydrogen) atoms. The Balaban J connectivity index is 1.83. The number of hydrogen-bond acceptors (Lipinski definition) is 5. The van der Waals surface area contributed by atoms with Crippen molar-refractivity contribution in [1.82, 2.24) is 10.6 Å². The molecule has 2 rings (SSSR count). The second-order valence-electron chi connectivity index (χ2n) is 6.19. The zero-order valence-electron chi connectivity index (χ0n) is 15.4. The second kappa shape index (κ2) is 10.2. The van der Waals surface area contributed by atoms with Gasteiger partial charge in [0, 0.05) is 0 Å². The minimum absolute atomic E-state index is 0.0551. The fraction of sp³-hybridized carbons (Fsp3) is 0.350. The molecule has 0 fully saturated rings. The molecule has 2 N–H and O–H groups in total. The first-order valence-corrected chi connectivity index (χ1v) is 8.83. The van der Waals surface area contributed by atoms with Crippen molar-refractivity contribution in [3.63, 3.8) is 0 Å². The van der Waals surface area contributed by atoms with Gasteiger partial charge in [-0.1, -0.05) is 50.6 Å². The molecule has 0 spiro atoms. The molecule has 0 saturated carbocycles. The number of ether oxygens (including phenoxy) is 1. The topological polar surface area (TPSA) is 97.6 Å². The van der Waals surface area contributed by atoms with Gasteiger partial charge in [-0.25, -0.2) is 4.79 Å². The van der Waals surface area contributed by atoms with Crippen molar-refractivity contribution in [3.05, 3.63) is 60.1 Å². The van der Waals surface area contributed by atoms with E-state index in [1.165, 1.54) is 6.26 Å². The maximum absolute atomic E-state index is 12.5. The van der Waals surface area contributed by atoms with Crippen molar-refractivity contribution >= 4 is 17.9 Å². The van der Waals surface area contributed by atoms with Gasteiger partial charge in [0.1, 0.15) is 5.76 Å². The lowest BCUT2D eigenvalue weighted by molar-refractivity contribution is -0.151. The first kappa shape index (κ1) is 20.2. The van der Waals surface area contributed by atoms with Crippen molar-refractivity contribution in [2.45, 2.75) is 32.7 Å². The highest BCUT2D eigenvalue weighted by molar-refractivity contribution is 5.95. The zero-order valence-corrected chi connectivity index (χ0v) is 15.4. The van der Waals surface area contributed by atoms with Crippen molar-refractivity contribution in [1.29, 1.82) is 0 Å². The maximum Gasteiger partial charge on any atom is 0.321 e. The summed E-state index contributed by atoms with van der Waals surface area (Å²) in [5.74, 6) is -1.03. The largest absolute Gasteiger partial charge is 0.467 e. The van der Waals surface area contributed by atoms with Gasteiger partial charge in [-0.2, -0.15) is 0 Å². The third-order valence-electron chi connectivity index (χ3n) is 4.23. The smallest absolute Gasteiger partial charge is 0.321 e. The zero-order chi connectivity index (χ0) is 19.6. The van der Waals surface area contributed by atoms with E-state index in [4.69, 9.17) is 9.15 Å². The average molecular weight is 372 g/mol. The first-order valence-electron chi connectivity index (χ1n) is 8.83. The average Bonchev–Trinajstić information content (AvgIpc) is 3.19. The van der Waals surface area contributed by atoms with Crippen molar-refractivity contribution in [2.75, 3.05) is 6.61 Å². The van der Waals surface area contributed by atoms with Crippen LogP contribution in [0, 0.1) is 5.92 Å². The summed E-state index contributed by atoms with van der Waals surface area (Å²) in [4.78, 5) is 36.0. The molecule has 0 aliphatic heterocycles. The molecule has 0 aliphatic rings. The summed E-state index contributed by atoms with van der Waals surface area (Å²) < 4.78 is 10.2. The molecule has 1 aromatic heterocycles. The third-order valence-corrected chi connectivity index (χ3v) is 4.23. The molecule has 0 saturated heterocycles. The number of esters is 1. The molecule has 0 unspecified atom stereocenters. The van der Waals surface area contributed by atoms with Crippen LogP contribution in [0.5, 0.6) is 0 Å². The molecule has 7 heteroatoms. The van der Waals surface area contributed by atoms with Crippen LogP contribution < -0.4 is 10.6 Å². The minimum atomic E-state index is -0.698. The van der Waals surface area contributed by atoms with Gasteiger partial charge >= 0.3 is 12.0 Å². The Kier molecular flexibility index (Phi) is 7.61. The molecule has 0 radical (unpaired) electrons. The number of carbonyl (C=O) groups is 3. The lowest BCUT2D eigenvalue weighted by Gasteiger charge is -2.21. The maximum atomic E-state index is 12.5. The molecule has 2 atom stereocenters. The van der Waals surface area contributed by atoms with Gasteiger partial charge < -0.3 is 14.5 Å². The van der Waals surface area contributed by atoms with Crippen LogP contribution in [0.25, 0.3) is 0 Å². The van der Waals surface area contributed by atoms with Gasteiger partial charge in [-0.05, 0) is 23.6 Å². The lowest BCUT2D eigenvalue weighted by Crippen LogP contribution is -2.41. The number of amides is 3. The number of urea groups is 1. The Labute approximate surface area is 158 Å². The summed E-state index contributed by atoms with van der Waals surface area (Å²) in [5.41, 5.74) is 0.841. The summed E-state index contributed by atoms with van der Waals surface area (Å²) in [6.45, 7) is 3.58. The predicted molar refractivity (Wildman–Crippen MR) is 98.7 cm³/mol. The Morgan fingerprint density at radius 1 is 1.11 bits per heavy atom. The quantitative estimate of drug-likeness (QED) is 0.694. The fourth-order valence-corrected chi connectivity index (χ4v) is 2.61. The van der Waals surface area contributed by atoms with Gasteiger partial charge in [-0.15, -0.1) is 0 Å². The van der Waals surface area contributed by atoms with Crippen LogP contribution in [0.2, 0.25) is 0 Å². The van der Waals surface area contributed by atoms with Crippen molar-refractivity contribution < 1.29 is 23.5 Å². The molecule has 144 valence electrons. The van der Waals surface area contributed by atoms with Gasteiger partial charge in [0.15, 0.2) is 6.61 Å². The number of benzene rings is 1. The molecular weight excluding hydrogens is 348 g/mol. The molecule has 1 aromatic carbocycles. The fourth-order valence-electron chi connectivity index (χ4n) is 2.61. The SMILES string of the molecule is CC[C@H](C)[C@@H](C(=O)OCC(=O)NC(=O)NCc1ccco1)c1ccccc1. The van der Waals surface area contributed by atoms with Crippen molar-refractivity contribution in [3.8, 4) is 0 Å². The molecule has 0 bridgehead atoms. The van der Waals surface area contributed by atoms with Gasteiger partial charge in [-0.3, -0.25) is 14.9 Å². The standard InChI is InChI=1S/C20H24N2O5/c1-3-14(2)18(15-8-5-4-6-9-15)19(24)27-13-17(23)22-20(25)21-12-16-10-7-11-26-16/h4-11,14,18H,3,12-13H2,1-2H3,(H2,21,22,23,25)/t14-,18+/m0/s1. The van der Waals surface area contributed by atoms with Crippen LogP contribution in [0.1, 0.15) is 37.5 Å². The number of hydrogen-bond donors (Lipinski definition) is 2. The Morgan fingerprint density at radius 2 is 1.85 bits per heavy atom. The molecule has 3 amide bonds. The van der Waals surface area contributed by atoms with E-state index in [1.807, 2.05) is 44.2 Å². The van der Waals surface area contributed by atoms with Crippen LogP contribution in [-0.2, 0) is 20.9 Å². The number of carbonyl (C=O) groups excluding carboxylic acids is 3. The minimum Gasteiger partial charge on any atom is -0.467 e. The van der Waals surface area contributed by atoms with Crippen LogP contribution in [0.15, 0.2) is 53.1 Å². The Bertz CT molecular complexity index is 743. The van der Waals surface area contributed by atoms with E-state index in [-0.39, 0.29) is 12.5 Å². The number of nitrogens with one attached hydrogen (secondary N) is 2. The normalized spacial score (nSPS) is 12.7. The van der Waals surface area contributed by atoms with E-state index in [1.54, 1.807) is 12.1 Å². The van der Waals surface area contributed by atoms with E-state index >= 15 is 0 Å². The van der Waals surface area contributed by atoms with E-state index < -0.39 is 30.4 Å². The first-order chi connectivity index (χ1) is 13.0. The van der Waals surface area contributed by atoms with Crippen LogP contribution in [0.4, 0.5) is 4.79 Å². The molecule has 1 heterocycles. The molecule has 7 nitrogen and oxygen atoms in total. The Morgan fingerprint density at radius 3 is 2.48 bits per heavy atom. The molecule has 0 aliphatic carbocycles. The summed E-state index contributed by atoms with van der Waals surface area (Å²) in [6.07, 6.45) is 2.27.